The molecule has 1 fully saturated rings. The minimum absolute atomic E-state index is 0.0990. The lowest BCUT2D eigenvalue weighted by atomic mass is 10.3. The number of rotatable bonds is 1. The van der Waals surface area contributed by atoms with Gasteiger partial charge in [-0.25, -0.2) is 4.79 Å². The second-order valence-electron chi connectivity index (χ2n) is 3.17. The first-order valence-corrected chi connectivity index (χ1v) is 4.66. The van der Waals surface area contributed by atoms with Crippen LogP contribution in [0, 0.1) is 11.3 Å². The SMILES string of the molecule is COC(=O)N1CCN(C(=O)CC#N)CC1. The molecule has 0 aromatic rings. The van der Waals surface area contributed by atoms with Gasteiger partial charge in [-0.15, -0.1) is 0 Å². The van der Waals surface area contributed by atoms with E-state index in [1.165, 1.54) is 12.0 Å². The standard InChI is InChI=1S/C9H13N3O3/c1-15-9(14)12-6-4-11(5-7-12)8(13)2-3-10/h2,4-7H2,1H3. The van der Waals surface area contributed by atoms with Crippen molar-refractivity contribution < 1.29 is 14.3 Å². The van der Waals surface area contributed by atoms with Crippen molar-refractivity contribution in [2.75, 3.05) is 33.3 Å². The summed E-state index contributed by atoms with van der Waals surface area (Å²) in [6.45, 7) is 1.86. The lowest BCUT2D eigenvalue weighted by Gasteiger charge is -2.33. The second kappa shape index (κ2) is 5.20. The zero-order valence-corrected chi connectivity index (χ0v) is 8.60. The number of nitrogens with zero attached hydrogens (tertiary/aromatic N) is 3. The van der Waals surface area contributed by atoms with Crippen LogP contribution >= 0.6 is 0 Å². The fourth-order valence-electron chi connectivity index (χ4n) is 1.45. The van der Waals surface area contributed by atoms with Gasteiger partial charge in [0.1, 0.15) is 6.42 Å². The number of methoxy groups -OCH3 is 1. The zero-order chi connectivity index (χ0) is 11.3. The zero-order valence-electron chi connectivity index (χ0n) is 8.60. The summed E-state index contributed by atoms with van der Waals surface area (Å²) in [7, 11) is 1.33. The molecule has 1 heterocycles. The highest BCUT2D eigenvalue weighted by Crippen LogP contribution is 2.04. The van der Waals surface area contributed by atoms with Gasteiger partial charge >= 0.3 is 6.09 Å². The number of carbonyl (C=O) groups is 2. The lowest BCUT2D eigenvalue weighted by molar-refractivity contribution is -0.131. The fraction of sp³-hybridized carbons (Fsp3) is 0.667. The maximum Gasteiger partial charge on any atom is 0.409 e. The molecule has 0 N–H and O–H groups in total. The highest BCUT2D eigenvalue weighted by Gasteiger charge is 2.23. The molecule has 1 saturated heterocycles. The van der Waals surface area contributed by atoms with Crippen LogP contribution in [0.2, 0.25) is 0 Å². The van der Waals surface area contributed by atoms with E-state index in [0.29, 0.717) is 26.2 Å². The number of carbonyl (C=O) groups excluding carboxylic acids is 2. The van der Waals surface area contributed by atoms with Crippen molar-refractivity contribution >= 4 is 12.0 Å². The third kappa shape index (κ3) is 2.84. The molecule has 2 amide bonds. The third-order valence-electron chi connectivity index (χ3n) is 2.30. The Hall–Kier alpha value is -1.77. The molecule has 0 bridgehead atoms. The molecule has 15 heavy (non-hydrogen) atoms. The van der Waals surface area contributed by atoms with E-state index in [9.17, 15) is 9.59 Å². The van der Waals surface area contributed by atoms with Gasteiger partial charge in [0.05, 0.1) is 13.2 Å². The van der Waals surface area contributed by atoms with Gasteiger partial charge in [0.15, 0.2) is 0 Å². The van der Waals surface area contributed by atoms with Gasteiger partial charge in [0, 0.05) is 26.2 Å². The monoisotopic (exact) mass is 211 g/mol. The number of hydrogen-bond donors (Lipinski definition) is 0. The first-order chi connectivity index (χ1) is 7.19. The Kier molecular flexibility index (Phi) is 3.92. The molecule has 1 rings (SSSR count). The van der Waals surface area contributed by atoms with Crippen molar-refractivity contribution in [2.24, 2.45) is 0 Å². The van der Waals surface area contributed by atoms with Crippen LogP contribution < -0.4 is 0 Å². The first kappa shape index (κ1) is 11.3. The van der Waals surface area contributed by atoms with Gasteiger partial charge in [-0.05, 0) is 0 Å². The molecule has 0 radical (unpaired) electrons. The van der Waals surface area contributed by atoms with Gasteiger partial charge in [-0.2, -0.15) is 5.26 Å². The van der Waals surface area contributed by atoms with Crippen LogP contribution in [0.4, 0.5) is 4.79 Å². The summed E-state index contributed by atoms with van der Waals surface area (Å²) in [5.41, 5.74) is 0. The van der Waals surface area contributed by atoms with Gasteiger partial charge in [0.2, 0.25) is 5.91 Å². The quantitative estimate of drug-likeness (QED) is 0.602. The van der Waals surface area contributed by atoms with Crippen LogP contribution in [0.3, 0.4) is 0 Å². The van der Waals surface area contributed by atoms with Crippen molar-refractivity contribution in [1.29, 1.82) is 5.26 Å². The molecule has 0 aromatic heterocycles. The summed E-state index contributed by atoms with van der Waals surface area (Å²) in [5, 5.41) is 8.36. The molecule has 0 aliphatic carbocycles. The van der Waals surface area contributed by atoms with Crippen LogP contribution in [0.1, 0.15) is 6.42 Å². The Labute approximate surface area is 88.0 Å². The minimum Gasteiger partial charge on any atom is -0.453 e. The maximum atomic E-state index is 11.3. The highest BCUT2D eigenvalue weighted by molar-refractivity contribution is 5.78. The Morgan fingerprint density at radius 2 is 1.80 bits per heavy atom. The van der Waals surface area contributed by atoms with Gasteiger partial charge in [0.25, 0.3) is 0 Å². The molecule has 0 atom stereocenters. The highest BCUT2D eigenvalue weighted by atomic mass is 16.5. The lowest BCUT2D eigenvalue weighted by Crippen LogP contribution is -2.50. The Balaban J connectivity index is 2.39. The molecule has 1 aliphatic rings. The van der Waals surface area contributed by atoms with E-state index in [2.05, 4.69) is 4.74 Å². The Bertz CT molecular complexity index is 289. The summed E-state index contributed by atoms with van der Waals surface area (Å²) >= 11 is 0. The molecular weight excluding hydrogens is 198 g/mol. The van der Waals surface area contributed by atoms with Crippen LogP contribution in [0.15, 0.2) is 0 Å². The number of hydrogen-bond acceptors (Lipinski definition) is 4. The number of ether oxygens (including phenoxy) is 1. The fourth-order valence-corrected chi connectivity index (χ4v) is 1.45. The molecular formula is C9H13N3O3. The first-order valence-electron chi connectivity index (χ1n) is 4.66. The van der Waals surface area contributed by atoms with E-state index >= 15 is 0 Å². The predicted octanol–water partition coefficient (Wildman–Crippen LogP) is -0.189. The molecule has 0 saturated carbocycles. The smallest absolute Gasteiger partial charge is 0.409 e. The number of amides is 2. The van der Waals surface area contributed by atoms with E-state index in [1.807, 2.05) is 6.07 Å². The van der Waals surface area contributed by atoms with Crippen molar-refractivity contribution in [1.82, 2.24) is 9.80 Å². The van der Waals surface area contributed by atoms with Crippen LogP contribution in [0.5, 0.6) is 0 Å². The van der Waals surface area contributed by atoms with Crippen LogP contribution in [-0.2, 0) is 9.53 Å². The summed E-state index contributed by atoms with van der Waals surface area (Å²) in [4.78, 5) is 25.6. The molecule has 0 aromatic carbocycles. The van der Waals surface area contributed by atoms with Gasteiger partial charge in [-0.3, -0.25) is 4.79 Å². The topological polar surface area (TPSA) is 73.6 Å². The normalized spacial score (nSPS) is 15.7. The second-order valence-corrected chi connectivity index (χ2v) is 3.17. The average molecular weight is 211 g/mol. The van der Waals surface area contributed by atoms with Gasteiger partial charge in [-0.1, -0.05) is 0 Å². The summed E-state index contributed by atoms with van der Waals surface area (Å²) in [5.74, 6) is -0.179. The molecule has 0 unspecified atom stereocenters. The summed E-state index contributed by atoms with van der Waals surface area (Å²) in [6.07, 6.45) is -0.472. The van der Waals surface area contributed by atoms with E-state index in [1.54, 1.807) is 4.90 Å². The van der Waals surface area contributed by atoms with Crippen LogP contribution in [-0.4, -0.2) is 55.1 Å². The van der Waals surface area contributed by atoms with E-state index < -0.39 is 0 Å². The molecule has 6 heteroatoms. The summed E-state index contributed by atoms with van der Waals surface area (Å²) < 4.78 is 4.56. The van der Waals surface area contributed by atoms with Crippen molar-refractivity contribution in [3.63, 3.8) is 0 Å². The van der Waals surface area contributed by atoms with E-state index in [-0.39, 0.29) is 18.4 Å². The van der Waals surface area contributed by atoms with Crippen molar-refractivity contribution in [3.8, 4) is 6.07 Å². The molecule has 82 valence electrons. The molecule has 1 aliphatic heterocycles. The van der Waals surface area contributed by atoms with Crippen molar-refractivity contribution in [3.05, 3.63) is 0 Å². The number of piperazine rings is 1. The third-order valence-corrected chi connectivity index (χ3v) is 2.30. The predicted molar refractivity (Wildman–Crippen MR) is 50.8 cm³/mol. The molecule has 6 nitrogen and oxygen atoms in total. The van der Waals surface area contributed by atoms with Crippen LogP contribution in [0.25, 0.3) is 0 Å². The Morgan fingerprint density at radius 3 is 2.27 bits per heavy atom. The van der Waals surface area contributed by atoms with E-state index in [0.717, 1.165) is 0 Å². The average Bonchev–Trinajstić information content (AvgIpc) is 2.28. The Morgan fingerprint density at radius 1 is 1.27 bits per heavy atom. The minimum atomic E-state index is -0.373. The largest absolute Gasteiger partial charge is 0.453 e. The summed E-state index contributed by atoms with van der Waals surface area (Å²) in [6, 6.07) is 1.81. The van der Waals surface area contributed by atoms with Crippen molar-refractivity contribution in [2.45, 2.75) is 6.42 Å². The van der Waals surface area contributed by atoms with E-state index in [4.69, 9.17) is 5.26 Å². The molecule has 0 spiro atoms. The number of nitriles is 1. The maximum absolute atomic E-state index is 11.3. The van der Waals surface area contributed by atoms with Gasteiger partial charge < -0.3 is 14.5 Å².